The summed E-state index contributed by atoms with van der Waals surface area (Å²) >= 11 is 0. The number of nitrogens with one attached hydrogen (secondary N) is 1. The largest absolute Gasteiger partial charge is 0.377 e. The van der Waals surface area contributed by atoms with Crippen LogP contribution in [-0.2, 0) is 4.74 Å². The molecular formula is C3H5N2O3. The number of hydrogen-bond acceptors (Lipinski definition) is 4. The average Bonchev–Trinajstić information content (AvgIpc) is 2.12. The Kier molecular flexibility index (Phi) is 1.40. The fourth-order valence-corrected chi connectivity index (χ4v) is 0.461. The molecule has 0 amide bonds. The summed E-state index contributed by atoms with van der Waals surface area (Å²) in [6.07, 6.45) is -1.02. The fourth-order valence-electron chi connectivity index (χ4n) is 0.461. The lowest BCUT2D eigenvalue weighted by atomic mass is 10.7. The molecule has 0 aromatic rings. The Morgan fingerprint density at radius 2 is 2.75 bits per heavy atom. The van der Waals surface area contributed by atoms with Gasteiger partial charge in [0.05, 0.1) is 4.92 Å². The molecule has 1 atom stereocenters. The van der Waals surface area contributed by atoms with Crippen LogP contribution in [0.1, 0.15) is 0 Å². The summed E-state index contributed by atoms with van der Waals surface area (Å²) in [5.41, 5.74) is 0. The third kappa shape index (κ3) is 0.932. The summed E-state index contributed by atoms with van der Waals surface area (Å²) in [6, 6.07) is 0. The fraction of sp³-hybridized carbons (Fsp3) is 0.667. The van der Waals surface area contributed by atoms with Crippen molar-refractivity contribution in [3.8, 4) is 0 Å². The quantitative estimate of drug-likeness (QED) is 0.365. The van der Waals surface area contributed by atoms with Crippen LogP contribution in [0.25, 0.3) is 0 Å². The van der Waals surface area contributed by atoms with Gasteiger partial charge in [-0.1, -0.05) is 0 Å². The van der Waals surface area contributed by atoms with E-state index in [1.165, 1.54) is 6.61 Å². The van der Waals surface area contributed by atoms with Gasteiger partial charge in [0.1, 0.15) is 6.61 Å². The van der Waals surface area contributed by atoms with E-state index in [1.807, 2.05) is 0 Å². The minimum Gasteiger partial charge on any atom is -0.297 e. The summed E-state index contributed by atoms with van der Waals surface area (Å²) in [6.45, 7) is 1.82. The smallest absolute Gasteiger partial charge is 0.297 e. The summed E-state index contributed by atoms with van der Waals surface area (Å²) in [5, 5.41) is 12.3. The Morgan fingerprint density at radius 1 is 2.00 bits per heavy atom. The highest BCUT2D eigenvalue weighted by Crippen LogP contribution is 1.97. The maximum Gasteiger partial charge on any atom is 0.377 e. The zero-order valence-electron chi connectivity index (χ0n) is 4.03. The van der Waals surface area contributed by atoms with E-state index in [4.69, 9.17) is 0 Å². The molecule has 1 aliphatic rings. The van der Waals surface area contributed by atoms with Crippen LogP contribution in [0.2, 0.25) is 0 Å². The summed E-state index contributed by atoms with van der Waals surface area (Å²) in [7, 11) is 0. The van der Waals surface area contributed by atoms with E-state index in [-0.39, 0.29) is 0 Å². The van der Waals surface area contributed by atoms with Crippen molar-refractivity contribution >= 4 is 0 Å². The van der Waals surface area contributed by atoms with Crippen LogP contribution < -0.4 is 5.32 Å². The van der Waals surface area contributed by atoms with Gasteiger partial charge in [0.25, 0.3) is 0 Å². The maximum atomic E-state index is 9.80. The van der Waals surface area contributed by atoms with Gasteiger partial charge in [-0.2, -0.15) is 0 Å². The van der Waals surface area contributed by atoms with Crippen molar-refractivity contribution < 1.29 is 9.66 Å². The molecule has 0 aromatic carbocycles. The van der Waals surface area contributed by atoms with Gasteiger partial charge in [-0.3, -0.25) is 14.9 Å². The highest BCUT2D eigenvalue weighted by atomic mass is 16.7. The van der Waals surface area contributed by atoms with Crippen molar-refractivity contribution in [2.45, 2.75) is 6.35 Å². The van der Waals surface area contributed by atoms with Crippen LogP contribution >= 0.6 is 0 Å². The molecule has 5 heteroatoms. The van der Waals surface area contributed by atoms with Crippen molar-refractivity contribution in [2.24, 2.45) is 0 Å². The molecule has 1 rings (SSSR count). The van der Waals surface area contributed by atoms with Crippen molar-refractivity contribution in [1.82, 2.24) is 5.32 Å². The lowest BCUT2D eigenvalue weighted by Gasteiger charge is -1.96. The number of rotatable bonds is 1. The molecule has 5 nitrogen and oxygen atoms in total. The molecule has 8 heavy (non-hydrogen) atoms. The Labute approximate surface area is 45.8 Å². The Morgan fingerprint density at radius 3 is 3.00 bits per heavy atom. The van der Waals surface area contributed by atoms with Crippen LogP contribution in [0.4, 0.5) is 0 Å². The first kappa shape index (κ1) is 5.46. The topological polar surface area (TPSA) is 64.4 Å². The molecule has 1 saturated heterocycles. The maximum absolute atomic E-state index is 9.80. The molecule has 0 saturated carbocycles. The van der Waals surface area contributed by atoms with Crippen molar-refractivity contribution in [1.29, 1.82) is 0 Å². The molecule has 1 fully saturated rings. The van der Waals surface area contributed by atoms with E-state index in [0.717, 1.165) is 0 Å². The van der Waals surface area contributed by atoms with E-state index in [9.17, 15) is 10.1 Å². The molecular weight excluding hydrogens is 112 g/mol. The van der Waals surface area contributed by atoms with Crippen LogP contribution in [0.3, 0.4) is 0 Å². The van der Waals surface area contributed by atoms with Gasteiger partial charge in [-0.15, -0.1) is 0 Å². The van der Waals surface area contributed by atoms with Gasteiger partial charge in [-0.05, 0) is 0 Å². The van der Waals surface area contributed by atoms with E-state index >= 15 is 0 Å². The van der Waals surface area contributed by atoms with E-state index in [0.29, 0.717) is 6.54 Å². The first-order valence-corrected chi connectivity index (χ1v) is 2.15. The minimum atomic E-state index is -1.02. The number of ether oxygens (including phenoxy) is 1. The molecule has 0 aliphatic carbocycles. The lowest BCUT2D eigenvalue weighted by molar-refractivity contribution is -0.572. The molecule has 0 spiro atoms. The van der Waals surface area contributed by atoms with Gasteiger partial charge >= 0.3 is 6.35 Å². The molecule has 45 valence electrons. The first-order chi connectivity index (χ1) is 3.80. The summed E-state index contributed by atoms with van der Waals surface area (Å²) in [5.74, 6) is 0. The highest BCUT2D eigenvalue weighted by Gasteiger charge is 2.24. The normalized spacial score (nSPS) is 28.2. The first-order valence-electron chi connectivity index (χ1n) is 2.15. The van der Waals surface area contributed by atoms with Crippen molar-refractivity contribution in [3.05, 3.63) is 16.7 Å². The number of nitrogens with zero attached hydrogens (tertiary/aromatic N) is 1. The average molecular weight is 117 g/mol. The van der Waals surface area contributed by atoms with Crippen LogP contribution in [0.15, 0.2) is 0 Å². The Hall–Kier alpha value is -0.680. The monoisotopic (exact) mass is 117 g/mol. The van der Waals surface area contributed by atoms with E-state index in [1.54, 1.807) is 0 Å². The zero-order valence-corrected chi connectivity index (χ0v) is 4.03. The van der Waals surface area contributed by atoms with Gasteiger partial charge in [0, 0.05) is 6.54 Å². The molecule has 1 unspecified atom stereocenters. The van der Waals surface area contributed by atoms with Gasteiger partial charge < -0.3 is 0 Å². The van der Waals surface area contributed by atoms with Crippen LogP contribution in [0, 0.1) is 16.7 Å². The van der Waals surface area contributed by atoms with Crippen molar-refractivity contribution in [3.63, 3.8) is 0 Å². The second kappa shape index (κ2) is 2.06. The van der Waals surface area contributed by atoms with E-state index in [2.05, 4.69) is 10.1 Å². The third-order valence-corrected chi connectivity index (χ3v) is 0.792. The van der Waals surface area contributed by atoms with Crippen molar-refractivity contribution in [2.75, 3.05) is 6.54 Å². The standard InChI is InChI=1S/C3H5N2O3/c6-5(7)3-4-1-2-8-3/h2-4H,1H2. The van der Waals surface area contributed by atoms with Gasteiger partial charge in [0.2, 0.25) is 0 Å². The molecule has 1 aliphatic heterocycles. The van der Waals surface area contributed by atoms with Crippen LogP contribution in [0.5, 0.6) is 0 Å². The molecule has 1 heterocycles. The summed E-state index contributed by atoms with van der Waals surface area (Å²) < 4.78 is 4.48. The molecule has 1 N–H and O–H groups in total. The highest BCUT2D eigenvalue weighted by molar-refractivity contribution is 4.62. The zero-order chi connectivity index (χ0) is 5.98. The predicted molar refractivity (Wildman–Crippen MR) is 24.2 cm³/mol. The van der Waals surface area contributed by atoms with E-state index < -0.39 is 11.3 Å². The minimum absolute atomic E-state index is 0.450. The lowest BCUT2D eigenvalue weighted by Crippen LogP contribution is -2.30. The molecule has 0 aromatic heterocycles. The van der Waals surface area contributed by atoms with Gasteiger partial charge in [-0.25, -0.2) is 5.32 Å². The second-order valence-electron chi connectivity index (χ2n) is 1.35. The number of nitro groups is 1. The molecule has 0 bridgehead atoms. The predicted octanol–water partition coefficient (Wildman–Crippen LogP) is -0.672. The SMILES string of the molecule is O=[N+]([O-])C1NC[CH]O1. The third-order valence-electron chi connectivity index (χ3n) is 0.792. The Balaban J connectivity index is 2.35. The summed E-state index contributed by atoms with van der Waals surface area (Å²) in [4.78, 5) is 9.28. The second-order valence-corrected chi connectivity index (χ2v) is 1.35. The number of hydrogen-bond donors (Lipinski definition) is 1. The Bertz CT molecular complexity index is 98.7. The molecule has 1 radical (unpaired) electrons. The van der Waals surface area contributed by atoms with Gasteiger partial charge in [0.15, 0.2) is 0 Å². The van der Waals surface area contributed by atoms with Crippen LogP contribution in [-0.4, -0.2) is 17.8 Å².